The Morgan fingerprint density at radius 3 is 2.74 bits per heavy atom. The van der Waals surface area contributed by atoms with E-state index in [9.17, 15) is 9.90 Å². The average Bonchev–Trinajstić information content (AvgIpc) is 2.37. The molecule has 4 nitrogen and oxygen atoms in total. The van der Waals surface area contributed by atoms with E-state index < -0.39 is 12.0 Å². The molecule has 2 N–H and O–H groups in total. The quantitative estimate of drug-likeness (QED) is 0.907. The molecule has 1 aromatic heterocycles. The number of carboxylic acids is 1. The van der Waals surface area contributed by atoms with E-state index in [0.29, 0.717) is 11.1 Å². The van der Waals surface area contributed by atoms with Gasteiger partial charge in [-0.05, 0) is 26.0 Å². The van der Waals surface area contributed by atoms with Gasteiger partial charge in [0.2, 0.25) is 0 Å². The first-order valence-electron chi connectivity index (χ1n) is 6.02. The highest BCUT2D eigenvalue weighted by molar-refractivity contribution is 9.10. The second kappa shape index (κ2) is 5.67. The molecule has 0 fully saturated rings. The van der Waals surface area contributed by atoms with Crippen LogP contribution in [-0.2, 0) is 4.79 Å². The molecule has 100 valence electrons. The van der Waals surface area contributed by atoms with Crippen LogP contribution in [0.5, 0.6) is 0 Å². The van der Waals surface area contributed by atoms with Gasteiger partial charge in [0.25, 0.3) is 0 Å². The number of benzene rings is 1. The summed E-state index contributed by atoms with van der Waals surface area (Å²) in [6.07, 6.45) is 1.67. The van der Waals surface area contributed by atoms with Crippen LogP contribution in [0, 0.1) is 0 Å². The summed E-state index contributed by atoms with van der Waals surface area (Å²) in [6.45, 7) is 3.84. The van der Waals surface area contributed by atoms with E-state index in [2.05, 4.69) is 26.2 Å². The molecule has 0 amide bonds. The maximum atomic E-state index is 11.5. The molecule has 2 aromatic rings. The number of aromatic nitrogens is 1. The van der Waals surface area contributed by atoms with Gasteiger partial charge in [-0.15, -0.1) is 0 Å². The van der Waals surface area contributed by atoms with E-state index >= 15 is 0 Å². The number of fused-ring (bicyclic) bond motifs is 1. The summed E-state index contributed by atoms with van der Waals surface area (Å²) in [7, 11) is 0. The zero-order valence-corrected chi connectivity index (χ0v) is 12.3. The minimum absolute atomic E-state index is 0.0727. The van der Waals surface area contributed by atoms with Crippen LogP contribution in [0.15, 0.2) is 34.9 Å². The SMILES string of the molecule is CC(C)NC(C(=O)O)c1ccc(Br)c2cccnc12. The number of pyridine rings is 1. The molecule has 2 rings (SSSR count). The van der Waals surface area contributed by atoms with Crippen molar-refractivity contribution >= 4 is 32.8 Å². The molecule has 0 aliphatic heterocycles. The van der Waals surface area contributed by atoms with Crippen LogP contribution < -0.4 is 5.32 Å². The van der Waals surface area contributed by atoms with Gasteiger partial charge in [-0.1, -0.05) is 28.1 Å². The predicted molar refractivity (Wildman–Crippen MR) is 78.1 cm³/mol. The maximum Gasteiger partial charge on any atom is 0.325 e. The Morgan fingerprint density at radius 1 is 1.37 bits per heavy atom. The molecule has 5 heteroatoms. The lowest BCUT2D eigenvalue weighted by Gasteiger charge is -2.19. The highest BCUT2D eigenvalue weighted by atomic mass is 79.9. The van der Waals surface area contributed by atoms with Crippen LogP contribution in [0.25, 0.3) is 10.9 Å². The van der Waals surface area contributed by atoms with Crippen LogP contribution >= 0.6 is 15.9 Å². The number of hydrogen-bond acceptors (Lipinski definition) is 3. The predicted octanol–water partition coefficient (Wildman–Crippen LogP) is 3.12. The largest absolute Gasteiger partial charge is 0.480 e. The normalized spacial score (nSPS) is 12.8. The summed E-state index contributed by atoms with van der Waals surface area (Å²) in [5.74, 6) is -0.900. The first-order valence-corrected chi connectivity index (χ1v) is 6.82. The third-order valence-corrected chi connectivity index (χ3v) is 3.50. The molecule has 1 atom stereocenters. The number of nitrogens with one attached hydrogen (secondary N) is 1. The van der Waals surface area contributed by atoms with Crippen molar-refractivity contribution in [3.05, 3.63) is 40.5 Å². The van der Waals surface area contributed by atoms with Gasteiger partial charge < -0.3 is 5.11 Å². The van der Waals surface area contributed by atoms with Crippen LogP contribution in [0.2, 0.25) is 0 Å². The van der Waals surface area contributed by atoms with E-state index in [1.807, 2.05) is 32.0 Å². The van der Waals surface area contributed by atoms with Crippen LogP contribution in [-0.4, -0.2) is 22.1 Å². The Kier molecular flexibility index (Phi) is 4.17. The highest BCUT2D eigenvalue weighted by Gasteiger charge is 2.23. The molecule has 1 aromatic carbocycles. The topological polar surface area (TPSA) is 62.2 Å². The Hall–Kier alpha value is -1.46. The maximum absolute atomic E-state index is 11.5. The number of hydrogen-bond donors (Lipinski definition) is 2. The molecule has 1 heterocycles. The molecule has 0 bridgehead atoms. The lowest BCUT2D eigenvalue weighted by Crippen LogP contribution is -2.33. The van der Waals surface area contributed by atoms with Crippen molar-refractivity contribution in [2.24, 2.45) is 0 Å². The van der Waals surface area contributed by atoms with Crippen molar-refractivity contribution in [2.75, 3.05) is 0 Å². The zero-order valence-electron chi connectivity index (χ0n) is 10.7. The molecule has 0 saturated carbocycles. The first kappa shape index (κ1) is 14.0. The monoisotopic (exact) mass is 322 g/mol. The first-order chi connectivity index (χ1) is 9.00. The Labute approximate surface area is 120 Å². The van der Waals surface area contributed by atoms with Crippen molar-refractivity contribution < 1.29 is 9.90 Å². The fraction of sp³-hybridized carbons (Fsp3) is 0.286. The van der Waals surface area contributed by atoms with E-state index in [-0.39, 0.29) is 6.04 Å². The smallest absolute Gasteiger partial charge is 0.325 e. The summed E-state index contributed by atoms with van der Waals surface area (Å²) in [6, 6.07) is 6.73. The Balaban J connectivity index is 2.60. The van der Waals surface area contributed by atoms with Crippen molar-refractivity contribution in [3.8, 4) is 0 Å². The molecule has 0 radical (unpaired) electrons. The number of rotatable bonds is 4. The van der Waals surface area contributed by atoms with Gasteiger partial charge in [0.05, 0.1) is 5.52 Å². The Morgan fingerprint density at radius 2 is 2.11 bits per heavy atom. The van der Waals surface area contributed by atoms with Gasteiger partial charge in [-0.25, -0.2) is 0 Å². The third-order valence-electron chi connectivity index (χ3n) is 2.81. The third kappa shape index (κ3) is 2.93. The molecule has 19 heavy (non-hydrogen) atoms. The minimum Gasteiger partial charge on any atom is -0.480 e. The summed E-state index contributed by atoms with van der Waals surface area (Å²) in [4.78, 5) is 15.8. The number of nitrogens with zero attached hydrogens (tertiary/aromatic N) is 1. The molecular weight excluding hydrogens is 308 g/mol. The van der Waals surface area contributed by atoms with Crippen molar-refractivity contribution in [1.82, 2.24) is 10.3 Å². The number of aliphatic carboxylic acids is 1. The summed E-state index contributed by atoms with van der Waals surface area (Å²) >= 11 is 3.46. The highest BCUT2D eigenvalue weighted by Crippen LogP contribution is 2.29. The van der Waals surface area contributed by atoms with E-state index in [4.69, 9.17) is 0 Å². The van der Waals surface area contributed by atoms with Gasteiger partial charge >= 0.3 is 5.97 Å². The second-order valence-electron chi connectivity index (χ2n) is 4.63. The molecular formula is C14H15BrN2O2. The van der Waals surface area contributed by atoms with Gasteiger partial charge in [0, 0.05) is 27.7 Å². The van der Waals surface area contributed by atoms with Crippen molar-refractivity contribution in [2.45, 2.75) is 25.9 Å². The van der Waals surface area contributed by atoms with Crippen LogP contribution in [0.4, 0.5) is 0 Å². The molecule has 0 aliphatic carbocycles. The lowest BCUT2D eigenvalue weighted by atomic mass is 10.0. The van der Waals surface area contributed by atoms with E-state index in [1.165, 1.54) is 0 Å². The number of halogens is 1. The molecule has 0 aliphatic rings. The van der Waals surface area contributed by atoms with Gasteiger partial charge in [0.1, 0.15) is 6.04 Å². The Bertz CT molecular complexity index is 613. The average molecular weight is 323 g/mol. The number of carboxylic acid groups (broad SMARTS) is 1. The van der Waals surface area contributed by atoms with Gasteiger partial charge in [0.15, 0.2) is 0 Å². The molecule has 1 unspecified atom stereocenters. The standard InChI is InChI=1S/C14H15BrN2O2/c1-8(2)17-13(14(18)19)10-5-6-11(15)9-4-3-7-16-12(9)10/h3-8,13,17H,1-2H3,(H,18,19). The summed E-state index contributed by atoms with van der Waals surface area (Å²) in [5.41, 5.74) is 1.39. The second-order valence-corrected chi connectivity index (χ2v) is 5.48. The minimum atomic E-state index is -0.900. The van der Waals surface area contributed by atoms with Crippen molar-refractivity contribution in [3.63, 3.8) is 0 Å². The van der Waals surface area contributed by atoms with Crippen molar-refractivity contribution in [1.29, 1.82) is 0 Å². The molecule has 0 saturated heterocycles. The fourth-order valence-electron chi connectivity index (χ4n) is 2.02. The van der Waals surface area contributed by atoms with Crippen LogP contribution in [0.1, 0.15) is 25.5 Å². The molecule has 0 spiro atoms. The van der Waals surface area contributed by atoms with Gasteiger partial charge in [-0.2, -0.15) is 0 Å². The van der Waals surface area contributed by atoms with Crippen LogP contribution in [0.3, 0.4) is 0 Å². The summed E-state index contributed by atoms with van der Waals surface area (Å²) < 4.78 is 0.910. The fourth-order valence-corrected chi connectivity index (χ4v) is 2.47. The van der Waals surface area contributed by atoms with E-state index in [0.717, 1.165) is 9.86 Å². The number of carbonyl (C=O) groups is 1. The lowest BCUT2D eigenvalue weighted by molar-refractivity contribution is -0.139. The zero-order chi connectivity index (χ0) is 14.0. The van der Waals surface area contributed by atoms with Gasteiger partial charge in [-0.3, -0.25) is 15.1 Å². The summed E-state index contributed by atoms with van der Waals surface area (Å²) in [5, 5.41) is 13.4. The van der Waals surface area contributed by atoms with E-state index in [1.54, 1.807) is 12.3 Å².